The van der Waals surface area contributed by atoms with E-state index in [0.29, 0.717) is 28.8 Å². The first-order chi connectivity index (χ1) is 21.3. The van der Waals surface area contributed by atoms with Gasteiger partial charge in [-0.15, -0.1) is 0 Å². The van der Waals surface area contributed by atoms with Gasteiger partial charge in [0.25, 0.3) is 5.91 Å². The molecule has 3 aromatic rings. The van der Waals surface area contributed by atoms with Crippen LogP contribution < -0.4 is 10.2 Å². The van der Waals surface area contributed by atoms with Crippen molar-refractivity contribution in [1.82, 2.24) is 29.3 Å². The number of pyridine rings is 1. The Balaban J connectivity index is 1.19. The minimum absolute atomic E-state index is 0.0246. The van der Waals surface area contributed by atoms with Gasteiger partial charge >= 0.3 is 12.1 Å². The minimum Gasteiger partial charge on any atom is -0.480 e. The Morgan fingerprint density at radius 2 is 1.80 bits per heavy atom. The SMILES string of the molecule is CN(C)C(=O)c1cc2cnc(Nc3ccc(N4C[C@H]5C(CN(C(=O)OC(C)(C)C)[C@@H]5C(=O)O)C4=O)cn3)nc2n1C1CCCC1. The molecule has 1 aliphatic carbocycles. The summed E-state index contributed by atoms with van der Waals surface area (Å²) >= 11 is 0. The van der Waals surface area contributed by atoms with Crippen molar-refractivity contribution in [2.75, 3.05) is 37.4 Å². The number of anilines is 3. The number of rotatable bonds is 6. The van der Waals surface area contributed by atoms with Crippen LogP contribution in [-0.4, -0.2) is 97.1 Å². The van der Waals surface area contributed by atoms with Gasteiger partial charge in [0.05, 0.1) is 17.8 Å². The fraction of sp³-hybridized carbons (Fsp3) is 0.516. The molecule has 14 heteroatoms. The molecule has 6 rings (SSSR count). The molecular weight excluding hydrogens is 580 g/mol. The number of aromatic nitrogens is 4. The molecule has 0 spiro atoms. The second-order valence-electron chi connectivity index (χ2n) is 13.2. The van der Waals surface area contributed by atoms with E-state index in [1.165, 1.54) is 11.1 Å². The van der Waals surface area contributed by atoms with E-state index in [1.54, 1.807) is 58.1 Å². The molecule has 2 N–H and O–H groups in total. The first-order valence-electron chi connectivity index (χ1n) is 15.2. The Morgan fingerprint density at radius 1 is 1.07 bits per heavy atom. The summed E-state index contributed by atoms with van der Waals surface area (Å²) in [5, 5.41) is 13.9. The van der Waals surface area contributed by atoms with Crippen molar-refractivity contribution in [1.29, 1.82) is 0 Å². The van der Waals surface area contributed by atoms with Crippen LogP contribution in [-0.2, 0) is 14.3 Å². The number of ether oxygens (including phenoxy) is 1. The zero-order valence-electron chi connectivity index (χ0n) is 26.1. The Kier molecular flexibility index (Phi) is 7.61. The normalized spacial score (nSPS) is 21.8. The molecule has 14 nitrogen and oxygen atoms in total. The first kappa shape index (κ1) is 30.3. The fourth-order valence-corrected chi connectivity index (χ4v) is 6.69. The van der Waals surface area contributed by atoms with Gasteiger partial charge in [0.2, 0.25) is 11.9 Å². The molecule has 1 unspecified atom stereocenters. The van der Waals surface area contributed by atoms with E-state index < -0.39 is 35.5 Å². The summed E-state index contributed by atoms with van der Waals surface area (Å²) in [5.74, 6) is -1.98. The van der Waals surface area contributed by atoms with E-state index in [-0.39, 0.29) is 30.9 Å². The standard InChI is InChI=1S/C31H38N8O6/c1-31(2,3)45-30(44)38-16-21-20(24(38)28(42)43)15-37(26(21)40)19-10-11-23(32-14-19)34-29-33-13-17-12-22(27(41)36(4)5)39(25(17)35-29)18-8-6-7-9-18/h10-14,18,20-21,24H,6-9,15-16H2,1-5H3,(H,42,43)(H,32,33,34,35)/t20-,21?,24-/m0/s1. The Hall–Kier alpha value is -4.75. The number of nitrogens with zero attached hydrogens (tertiary/aromatic N) is 7. The number of fused-ring (bicyclic) bond motifs is 2. The predicted octanol–water partition coefficient (Wildman–Crippen LogP) is 3.67. The van der Waals surface area contributed by atoms with E-state index in [4.69, 9.17) is 9.72 Å². The smallest absolute Gasteiger partial charge is 0.411 e. The van der Waals surface area contributed by atoms with Gasteiger partial charge < -0.3 is 29.5 Å². The summed E-state index contributed by atoms with van der Waals surface area (Å²) in [6, 6.07) is 4.29. The maximum absolute atomic E-state index is 13.4. The van der Waals surface area contributed by atoms with Gasteiger partial charge in [0.1, 0.15) is 28.8 Å². The average Bonchev–Trinajstić information content (AvgIpc) is 3.75. The number of carbonyl (C=O) groups excluding carboxylic acids is 3. The van der Waals surface area contributed by atoms with Crippen molar-refractivity contribution in [2.45, 2.75) is 64.1 Å². The summed E-state index contributed by atoms with van der Waals surface area (Å²) < 4.78 is 7.45. The topological polar surface area (TPSA) is 163 Å². The van der Waals surface area contributed by atoms with Crippen LogP contribution in [0, 0.1) is 11.8 Å². The number of hydrogen-bond donors (Lipinski definition) is 2. The summed E-state index contributed by atoms with van der Waals surface area (Å²) in [6.45, 7) is 5.24. The molecule has 3 amide bonds. The van der Waals surface area contributed by atoms with E-state index in [1.807, 2.05) is 10.6 Å². The number of amides is 3. The molecule has 2 saturated heterocycles. The number of carbonyl (C=O) groups is 4. The van der Waals surface area contributed by atoms with Crippen LogP contribution in [0.5, 0.6) is 0 Å². The van der Waals surface area contributed by atoms with Crippen molar-refractivity contribution in [3.8, 4) is 0 Å². The van der Waals surface area contributed by atoms with E-state index in [2.05, 4.69) is 15.3 Å². The Bertz CT molecular complexity index is 1660. The number of nitrogens with one attached hydrogen (secondary N) is 1. The van der Waals surface area contributed by atoms with Gasteiger partial charge in [0.15, 0.2) is 0 Å². The second-order valence-corrected chi connectivity index (χ2v) is 13.2. The van der Waals surface area contributed by atoms with Crippen LogP contribution in [0.25, 0.3) is 11.0 Å². The third kappa shape index (κ3) is 5.64. The number of carboxylic acids is 1. The molecule has 1 saturated carbocycles. The molecule has 2 aliphatic heterocycles. The lowest BCUT2D eigenvalue weighted by atomic mass is 9.94. The maximum Gasteiger partial charge on any atom is 0.411 e. The molecule has 3 aliphatic rings. The third-order valence-electron chi connectivity index (χ3n) is 8.70. The average molecular weight is 619 g/mol. The van der Waals surface area contributed by atoms with Gasteiger partial charge in [-0.05, 0) is 51.8 Å². The predicted molar refractivity (Wildman–Crippen MR) is 164 cm³/mol. The third-order valence-corrected chi connectivity index (χ3v) is 8.70. The lowest BCUT2D eigenvalue weighted by Crippen LogP contribution is -2.47. The maximum atomic E-state index is 13.4. The Labute approximate surface area is 260 Å². The van der Waals surface area contributed by atoms with Crippen LogP contribution >= 0.6 is 0 Å². The first-order valence-corrected chi connectivity index (χ1v) is 15.2. The highest BCUT2D eigenvalue weighted by Crippen LogP contribution is 2.40. The highest BCUT2D eigenvalue weighted by atomic mass is 16.6. The second kappa shape index (κ2) is 11.3. The summed E-state index contributed by atoms with van der Waals surface area (Å²) in [4.78, 5) is 69.3. The van der Waals surface area contributed by atoms with Crippen LogP contribution in [0.1, 0.15) is 63.0 Å². The molecule has 0 aromatic carbocycles. The molecule has 3 atom stereocenters. The van der Waals surface area contributed by atoms with Crippen LogP contribution in [0.3, 0.4) is 0 Å². The summed E-state index contributed by atoms with van der Waals surface area (Å²) in [5.41, 5.74) is 1.01. The summed E-state index contributed by atoms with van der Waals surface area (Å²) in [7, 11) is 3.47. The molecule has 45 heavy (non-hydrogen) atoms. The lowest BCUT2D eigenvalue weighted by Gasteiger charge is -2.29. The number of hydrogen-bond acceptors (Lipinski definition) is 9. The van der Waals surface area contributed by atoms with Crippen molar-refractivity contribution in [3.05, 3.63) is 36.3 Å². The largest absolute Gasteiger partial charge is 0.480 e. The molecular formula is C31H38N8O6. The van der Waals surface area contributed by atoms with Crippen molar-refractivity contribution < 1.29 is 29.0 Å². The number of carboxylic acid groups (broad SMARTS) is 1. The number of aliphatic carboxylic acids is 1. The van der Waals surface area contributed by atoms with Crippen molar-refractivity contribution in [3.63, 3.8) is 0 Å². The molecule has 3 aromatic heterocycles. The van der Waals surface area contributed by atoms with Gasteiger partial charge in [-0.2, -0.15) is 4.98 Å². The Morgan fingerprint density at radius 3 is 2.42 bits per heavy atom. The highest BCUT2D eigenvalue weighted by molar-refractivity contribution is 6.00. The van der Waals surface area contributed by atoms with Crippen LogP contribution in [0.2, 0.25) is 0 Å². The van der Waals surface area contributed by atoms with Crippen LogP contribution in [0.15, 0.2) is 30.6 Å². The lowest BCUT2D eigenvalue weighted by molar-refractivity contribution is -0.143. The number of likely N-dealkylation sites (tertiary alicyclic amines) is 1. The van der Waals surface area contributed by atoms with Gasteiger partial charge in [0, 0.05) is 50.7 Å². The molecule has 0 bridgehead atoms. The van der Waals surface area contributed by atoms with E-state index in [0.717, 1.165) is 36.0 Å². The van der Waals surface area contributed by atoms with Gasteiger partial charge in [-0.1, -0.05) is 12.8 Å². The van der Waals surface area contributed by atoms with E-state index in [9.17, 15) is 24.3 Å². The molecule has 238 valence electrons. The van der Waals surface area contributed by atoms with Crippen LogP contribution in [0.4, 0.5) is 22.2 Å². The van der Waals surface area contributed by atoms with Gasteiger partial charge in [-0.3, -0.25) is 14.5 Å². The monoisotopic (exact) mass is 618 g/mol. The fourth-order valence-electron chi connectivity index (χ4n) is 6.69. The molecule has 5 heterocycles. The highest BCUT2D eigenvalue weighted by Gasteiger charge is 2.57. The zero-order valence-corrected chi connectivity index (χ0v) is 26.1. The van der Waals surface area contributed by atoms with E-state index >= 15 is 0 Å². The minimum atomic E-state index is -1.17. The summed E-state index contributed by atoms with van der Waals surface area (Å²) in [6.07, 6.45) is 6.66. The zero-order chi connectivity index (χ0) is 32.2. The van der Waals surface area contributed by atoms with Crippen molar-refractivity contribution >= 4 is 52.4 Å². The molecule has 3 fully saturated rings. The molecule has 0 radical (unpaired) electrons. The van der Waals surface area contributed by atoms with Crippen molar-refractivity contribution in [2.24, 2.45) is 11.8 Å². The van der Waals surface area contributed by atoms with Gasteiger partial charge in [-0.25, -0.2) is 19.6 Å². The quantitative estimate of drug-likeness (QED) is 0.417.